The minimum atomic E-state index is -0.295. The average molecular weight is 575 g/mol. The minimum absolute atomic E-state index is 0.0146. The molecule has 9 nitrogen and oxygen atoms in total. The Bertz CT molecular complexity index is 1770. The number of nitrogens with zero attached hydrogens (tertiary/aromatic N) is 1. The molecule has 0 spiro atoms. The molecular formula is C31H30N2O7S. The van der Waals surface area contributed by atoms with Crippen molar-refractivity contribution in [1.29, 1.82) is 0 Å². The Morgan fingerprint density at radius 3 is 2.34 bits per heavy atom. The zero-order valence-corrected chi connectivity index (χ0v) is 24.3. The number of methoxy groups -OCH3 is 3. The van der Waals surface area contributed by atoms with E-state index in [1.165, 1.54) is 6.07 Å². The molecule has 5 rings (SSSR count). The normalized spacial score (nSPS) is 11.0. The van der Waals surface area contributed by atoms with Crippen LogP contribution in [0, 0.1) is 13.8 Å². The average Bonchev–Trinajstić information content (AvgIpc) is 3.53. The SMILES string of the molecule is COc1ccc(-c2oc3c(=O)cc(C)oc3c2CC(=O)NCCc2sc(-c3ccc(OC)c(OC)c3)nc2C)cc1. The van der Waals surface area contributed by atoms with Crippen molar-refractivity contribution in [2.75, 3.05) is 27.9 Å². The number of nitrogens with one attached hydrogen (secondary N) is 1. The number of ether oxygens (including phenoxy) is 3. The van der Waals surface area contributed by atoms with Crippen LogP contribution in [-0.4, -0.2) is 38.8 Å². The summed E-state index contributed by atoms with van der Waals surface area (Å²) in [4.78, 5) is 31.5. The van der Waals surface area contributed by atoms with E-state index in [9.17, 15) is 9.59 Å². The number of carbonyl (C=O) groups is 1. The second-order valence-electron chi connectivity index (χ2n) is 9.39. The van der Waals surface area contributed by atoms with Crippen LogP contribution >= 0.6 is 11.3 Å². The van der Waals surface area contributed by atoms with Gasteiger partial charge in [-0.1, -0.05) is 0 Å². The van der Waals surface area contributed by atoms with E-state index in [0.717, 1.165) is 21.1 Å². The fourth-order valence-corrected chi connectivity index (χ4v) is 5.65. The van der Waals surface area contributed by atoms with Crippen molar-refractivity contribution in [3.8, 4) is 39.1 Å². The molecule has 0 saturated carbocycles. The Balaban J connectivity index is 1.32. The van der Waals surface area contributed by atoms with E-state index in [1.54, 1.807) is 51.7 Å². The minimum Gasteiger partial charge on any atom is -0.497 e. The smallest absolute Gasteiger partial charge is 0.228 e. The molecule has 0 bridgehead atoms. The van der Waals surface area contributed by atoms with E-state index in [1.807, 2.05) is 37.3 Å². The number of hydrogen-bond acceptors (Lipinski definition) is 9. The standard InChI is InChI=1S/C31H30N2O7S/c1-17-14-23(34)30-29(39-17)22(28(40-30)19-6-9-21(36-3)10-7-19)16-27(35)32-13-12-26-18(2)33-31(41-26)20-8-11-24(37-4)25(15-20)38-5/h6-11,14-15H,12-13,16H2,1-5H3,(H,32,35). The van der Waals surface area contributed by atoms with Crippen LogP contribution in [0.2, 0.25) is 0 Å². The lowest BCUT2D eigenvalue weighted by Crippen LogP contribution is -2.27. The highest BCUT2D eigenvalue weighted by molar-refractivity contribution is 7.15. The Morgan fingerprint density at radius 2 is 1.63 bits per heavy atom. The van der Waals surface area contributed by atoms with Crippen LogP contribution in [0.15, 0.2) is 62.2 Å². The van der Waals surface area contributed by atoms with Crippen molar-refractivity contribution in [2.24, 2.45) is 0 Å². The molecule has 1 N–H and O–H groups in total. The van der Waals surface area contributed by atoms with Crippen LogP contribution in [0.25, 0.3) is 33.1 Å². The zero-order valence-electron chi connectivity index (χ0n) is 23.5. The number of benzene rings is 2. The number of thiazole rings is 1. The molecule has 212 valence electrons. The van der Waals surface area contributed by atoms with Gasteiger partial charge in [-0.3, -0.25) is 9.59 Å². The number of amides is 1. The van der Waals surface area contributed by atoms with Gasteiger partial charge in [0.2, 0.25) is 16.9 Å². The molecule has 0 aliphatic carbocycles. The van der Waals surface area contributed by atoms with E-state index in [0.29, 0.717) is 52.9 Å². The van der Waals surface area contributed by atoms with Crippen LogP contribution in [0.3, 0.4) is 0 Å². The summed E-state index contributed by atoms with van der Waals surface area (Å²) in [6.45, 7) is 4.07. The number of aromatic nitrogens is 1. The van der Waals surface area contributed by atoms with Gasteiger partial charge in [-0.2, -0.15) is 0 Å². The highest BCUT2D eigenvalue weighted by Crippen LogP contribution is 2.36. The van der Waals surface area contributed by atoms with Crippen molar-refractivity contribution in [3.63, 3.8) is 0 Å². The lowest BCUT2D eigenvalue weighted by atomic mass is 10.1. The topological polar surface area (TPSA) is 113 Å². The third-order valence-corrected chi connectivity index (χ3v) is 7.93. The summed E-state index contributed by atoms with van der Waals surface area (Å²) < 4.78 is 27.8. The lowest BCUT2D eigenvalue weighted by Gasteiger charge is -2.08. The number of carbonyl (C=O) groups excluding carboxylic acids is 1. The largest absolute Gasteiger partial charge is 0.497 e. The first-order chi connectivity index (χ1) is 19.8. The van der Waals surface area contributed by atoms with E-state index in [2.05, 4.69) is 5.32 Å². The quantitative estimate of drug-likeness (QED) is 0.225. The maximum atomic E-state index is 13.1. The number of fused-ring (bicyclic) bond motifs is 1. The van der Waals surface area contributed by atoms with Crippen molar-refractivity contribution in [1.82, 2.24) is 10.3 Å². The Kier molecular flexibility index (Phi) is 8.11. The third-order valence-electron chi connectivity index (χ3n) is 6.67. The summed E-state index contributed by atoms with van der Waals surface area (Å²) in [5, 5.41) is 3.86. The lowest BCUT2D eigenvalue weighted by molar-refractivity contribution is -0.120. The molecule has 3 aromatic heterocycles. The molecule has 2 aromatic carbocycles. The summed E-state index contributed by atoms with van der Waals surface area (Å²) in [5.74, 6) is 2.62. The van der Waals surface area contributed by atoms with Gasteiger partial charge in [-0.15, -0.1) is 11.3 Å². The molecule has 0 radical (unpaired) electrons. The summed E-state index contributed by atoms with van der Waals surface area (Å²) in [5.41, 5.74) is 3.15. The number of rotatable bonds is 10. The Morgan fingerprint density at radius 1 is 0.902 bits per heavy atom. The number of aryl methyl sites for hydroxylation is 2. The van der Waals surface area contributed by atoms with Gasteiger partial charge in [-0.25, -0.2) is 4.98 Å². The maximum Gasteiger partial charge on any atom is 0.228 e. The van der Waals surface area contributed by atoms with Crippen molar-refractivity contribution in [3.05, 3.63) is 80.6 Å². The maximum absolute atomic E-state index is 13.1. The highest BCUT2D eigenvalue weighted by atomic mass is 32.1. The summed E-state index contributed by atoms with van der Waals surface area (Å²) in [6.07, 6.45) is 0.605. The van der Waals surface area contributed by atoms with E-state index >= 15 is 0 Å². The van der Waals surface area contributed by atoms with Crippen LogP contribution in [0.1, 0.15) is 21.9 Å². The van der Waals surface area contributed by atoms with Crippen LogP contribution in [0.5, 0.6) is 17.2 Å². The van der Waals surface area contributed by atoms with Gasteiger partial charge in [0.15, 0.2) is 17.1 Å². The Labute approximate surface area is 240 Å². The molecule has 0 saturated heterocycles. The van der Waals surface area contributed by atoms with Gasteiger partial charge >= 0.3 is 0 Å². The van der Waals surface area contributed by atoms with Crippen LogP contribution < -0.4 is 25.0 Å². The molecule has 3 heterocycles. The van der Waals surface area contributed by atoms with Crippen molar-refractivity contribution >= 4 is 28.4 Å². The molecule has 0 unspecified atom stereocenters. The molecule has 0 aliphatic rings. The fourth-order valence-electron chi connectivity index (χ4n) is 4.59. The Hall–Kier alpha value is -4.57. The second-order valence-corrected chi connectivity index (χ2v) is 10.5. The third kappa shape index (κ3) is 5.83. The second kappa shape index (κ2) is 11.9. The first-order valence-corrected chi connectivity index (χ1v) is 13.8. The van der Waals surface area contributed by atoms with Gasteiger partial charge in [0.05, 0.1) is 39.0 Å². The molecule has 1 amide bonds. The van der Waals surface area contributed by atoms with Gasteiger partial charge in [0.1, 0.15) is 22.3 Å². The van der Waals surface area contributed by atoms with Crippen LogP contribution in [-0.2, 0) is 17.6 Å². The van der Waals surface area contributed by atoms with Gasteiger partial charge in [0, 0.05) is 35.0 Å². The predicted octanol–water partition coefficient (Wildman–Crippen LogP) is 5.72. The summed E-state index contributed by atoms with van der Waals surface area (Å²) in [6, 6.07) is 14.3. The van der Waals surface area contributed by atoms with Crippen LogP contribution in [0.4, 0.5) is 0 Å². The van der Waals surface area contributed by atoms with Crippen molar-refractivity contribution in [2.45, 2.75) is 26.7 Å². The first-order valence-electron chi connectivity index (χ1n) is 13.0. The molecule has 5 aromatic rings. The monoisotopic (exact) mass is 574 g/mol. The van der Waals surface area contributed by atoms with Gasteiger partial charge in [0.25, 0.3) is 0 Å². The highest BCUT2D eigenvalue weighted by Gasteiger charge is 2.23. The molecule has 0 atom stereocenters. The number of furan rings is 1. The first kappa shape index (κ1) is 28.0. The molecule has 0 aliphatic heterocycles. The summed E-state index contributed by atoms with van der Waals surface area (Å²) in [7, 11) is 4.79. The van der Waals surface area contributed by atoms with Crippen molar-refractivity contribution < 1.29 is 27.8 Å². The van der Waals surface area contributed by atoms with E-state index < -0.39 is 0 Å². The zero-order chi connectivity index (χ0) is 29.1. The number of hydrogen-bond donors (Lipinski definition) is 1. The van der Waals surface area contributed by atoms with E-state index in [-0.39, 0.29) is 28.9 Å². The summed E-state index contributed by atoms with van der Waals surface area (Å²) >= 11 is 1.58. The molecule has 0 fully saturated rings. The molecular weight excluding hydrogens is 544 g/mol. The molecule has 10 heteroatoms. The fraction of sp³-hybridized carbons (Fsp3) is 0.258. The van der Waals surface area contributed by atoms with Gasteiger partial charge < -0.3 is 28.4 Å². The predicted molar refractivity (Wildman–Crippen MR) is 157 cm³/mol. The van der Waals surface area contributed by atoms with E-state index in [4.69, 9.17) is 28.0 Å². The van der Waals surface area contributed by atoms with Gasteiger partial charge in [-0.05, 0) is 56.3 Å². The molecule has 41 heavy (non-hydrogen) atoms.